The van der Waals surface area contributed by atoms with Crippen molar-refractivity contribution in [3.05, 3.63) is 75.9 Å². The van der Waals surface area contributed by atoms with E-state index in [1.807, 2.05) is 6.07 Å². The Labute approximate surface area is 236 Å². The number of amides is 2. The van der Waals surface area contributed by atoms with Crippen LogP contribution in [-0.4, -0.2) is 30.1 Å². The van der Waals surface area contributed by atoms with Gasteiger partial charge in [0.1, 0.15) is 10.8 Å². The lowest BCUT2D eigenvalue weighted by Crippen LogP contribution is -2.26. The molecule has 0 bridgehead atoms. The van der Waals surface area contributed by atoms with Gasteiger partial charge < -0.3 is 15.4 Å². The van der Waals surface area contributed by atoms with Crippen molar-refractivity contribution in [3.8, 4) is 0 Å². The molecule has 1 aliphatic carbocycles. The summed E-state index contributed by atoms with van der Waals surface area (Å²) < 4.78 is 18.2. The molecule has 6 nitrogen and oxygen atoms in total. The zero-order chi connectivity index (χ0) is 28.3. The van der Waals surface area contributed by atoms with E-state index in [-0.39, 0.29) is 17.2 Å². The number of fused-ring (bicyclic) bond motifs is 1. The standard InChI is InChI=1S/C30H33FN2O4S2/c1-17(38-22-8-6-7-21(16-22)32-27(35)18-9-12-20(31)13-10-18)26(34)33-28-25(29(36)37-5)23-14-11-19(30(2,3)4)15-24(23)39-28/h6-10,12-13,16-17,19H,11,14-15H2,1-5H3,(H,32,35)(H,33,34). The fourth-order valence-corrected chi connectivity index (χ4v) is 6.90. The molecule has 2 atom stereocenters. The van der Waals surface area contributed by atoms with E-state index in [0.29, 0.717) is 27.7 Å². The highest BCUT2D eigenvalue weighted by Crippen LogP contribution is 2.44. The SMILES string of the molecule is COC(=O)c1c(NC(=O)C(C)Sc2cccc(NC(=O)c3ccc(F)cc3)c2)sc2c1CCC(C(C)(C)C)C2. The average molecular weight is 569 g/mol. The number of methoxy groups -OCH3 is 1. The zero-order valence-electron chi connectivity index (χ0n) is 22.7. The zero-order valence-corrected chi connectivity index (χ0v) is 24.4. The maximum Gasteiger partial charge on any atom is 0.341 e. The first kappa shape index (κ1) is 28.8. The topological polar surface area (TPSA) is 84.5 Å². The Morgan fingerprint density at radius 1 is 1.10 bits per heavy atom. The number of anilines is 2. The summed E-state index contributed by atoms with van der Waals surface area (Å²) in [6, 6.07) is 12.5. The maximum absolute atomic E-state index is 13.2. The van der Waals surface area contributed by atoms with Crippen LogP contribution in [0, 0.1) is 17.2 Å². The lowest BCUT2D eigenvalue weighted by atomic mass is 9.72. The molecular weight excluding hydrogens is 535 g/mol. The maximum atomic E-state index is 13.2. The number of carbonyl (C=O) groups excluding carboxylic acids is 3. The first-order chi connectivity index (χ1) is 18.5. The number of hydrogen-bond acceptors (Lipinski definition) is 6. The van der Waals surface area contributed by atoms with Crippen molar-refractivity contribution < 1.29 is 23.5 Å². The Morgan fingerprint density at radius 3 is 2.49 bits per heavy atom. The number of hydrogen-bond donors (Lipinski definition) is 2. The van der Waals surface area contributed by atoms with Gasteiger partial charge in [0.25, 0.3) is 5.91 Å². The normalized spacial score (nSPS) is 15.7. The molecule has 39 heavy (non-hydrogen) atoms. The van der Waals surface area contributed by atoms with Gasteiger partial charge in [0.15, 0.2) is 0 Å². The van der Waals surface area contributed by atoms with E-state index in [1.165, 1.54) is 54.5 Å². The summed E-state index contributed by atoms with van der Waals surface area (Å²) >= 11 is 2.82. The first-order valence-corrected chi connectivity index (χ1v) is 14.5. The highest BCUT2D eigenvalue weighted by Gasteiger charge is 2.34. The molecule has 9 heteroatoms. The molecular formula is C30H33FN2O4S2. The summed E-state index contributed by atoms with van der Waals surface area (Å²) in [5, 5.41) is 5.86. The van der Waals surface area contributed by atoms with Gasteiger partial charge in [-0.2, -0.15) is 0 Å². The molecule has 0 aliphatic heterocycles. The van der Waals surface area contributed by atoms with Gasteiger partial charge >= 0.3 is 5.97 Å². The molecule has 1 aromatic heterocycles. The Bertz CT molecular complexity index is 1380. The van der Waals surface area contributed by atoms with E-state index in [2.05, 4.69) is 31.4 Å². The average Bonchev–Trinajstić information content (AvgIpc) is 3.25. The Hall–Kier alpha value is -3.17. The summed E-state index contributed by atoms with van der Waals surface area (Å²) in [6.07, 6.45) is 2.66. The number of ether oxygens (including phenoxy) is 1. The van der Waals surface area contributed by atoms with Gasteiger partial charge in [0.05, 0.1) is 17.9 Å². The third kappa shape index (κ3) is 6.89. The Balaban J connectivity index is 1.45. The largest absolute Gasteiger partial charge is 0.465 e. The molecule has 1 aliphatic rings. The van der Waals surface area contributed by atoms with Crippen LogP contribution in [0.15, 0.2) is 53.4 Å². The number of benzene rings is 2. The molecule has 0 spiro atoms. The van der Waals surface area contributed by atoms with Crippen LogP contribution in [0.2, 0.25) is 0 Å². The minimum atomic E-state index is -0.472. The molecule has 4 rings (SSSR count). The van der Waals surface area contributed by atoms with Gasteiger partial charge in [-0.1, -0.05) is 26.8 Å². The van der Waals surface area contributed by atoms with Gasteiger partial charge in [-0.3, -0.25) is 9.59 Å². The smallest absolute Gasteiger partial charge is 0.341 e. The van der Waals surface area contributed by atoms with E-state index in [4.69, 9.17) is 4.74 Å². The van der Waals surface area contributed by atoms with Crippen molar-refractivity contribution in [2.75, 3.05) is 17.7 Å². The van der Waals surface area contributed by atoms with Crippen LogP contribution in [0.3, 0.4) is 0 Å². The highest BCUT2D eigenvalue weighted by atomic mass is 32.2. The van der Waals surface area contributed by atoms with Crippen LogP contribution in [0.1, 0.15) is 65.3 Å². The number of esters is 1. The molecule has 0 saturated heterocycles. The molecule has 3 aromatic rings. The van der Waals surface area contributed by atoms with Gasteiger partial charge in [-0.15, -0.1) is 23.1 Å². The number of halogens is 1. The summed E-state index contributed by atoms with van der Waals surface area (Å²) in [7, 11) is 1.36. The van der Waals surface area contributed by atoms with Crippen molar-refractivity contribution in [2.45, 2.75) is 57.1 Å². The molecule has 206 valence electrons. The Kier molecular flexibility index (Phi) is 8.81. The van der Waals surface area contributed by atoms with E-state index >= 15 is 0 Å². The second-order valence-electron chi connectivity index (χ2n) is 10.7. The molecule has 2 N–H and O–H groups in total. The number of thioether (sulfide) groups is 1. The minimum absolute atomic E-state index is 0.161. The molecule has 0 saturated carbocycles. The predicted molar refractivity (Wildman–Crippen MR) is 155 cm³/mol. The van der Waals surface area contributed by atoms with Gasteiger partial charge in [0.2, 0.25) is 5.91 Å². The van der Waals surface area contributed by atoms with Crippen LogP contribution >= 0.6 is 23.1 Å². The molecule has 0 fully saturated rings. The first-order valence-electron chi connectivity index (χ1n) is 12.8. The van der Waals surface area contributed by atoms with Crippen molar-refractivity contribution in [3.63, 3.8) is 0 Å². The summed E-state index contributed by atoms with van der Waals surface area (Å²) in [4.78, 5) is 40.4. The monoisotopic (exact) mass is 568 g/mol. The number of carbonyl (C=O) groups is 3. The number of nitrogens with one attached hydrogen (secondary N) is 2. The summed E-state index contributed by atoms with van der Waals surface area (Å²) in [5.74, 6) is -0.914. The predicted octanol–water partition coefficient (Wildman–Crippen LogP) is 7.20. The van der Waals surface area contributed by atoms with Crippen molar-refractivity contribution >= 4 is 51.6 Å². The van der Waals surface area contributed by atoms with Crippen molar-refractivity contribution in [2.24, 2.45) is 11.3 Å². The van der Waals surface area contributed by atoms with E-state index in [0.717, 1.165) is 34.6 Å². The number of rotatable bonds is 7. The van der Waals surface area contributed by atoms with Crippen LogP contribution in [-0.2, 0) is 22.4 Å². The van der Waals surface area contributed by atoms with Crippen LogP contribution in [0.5, 0.6) is 0 Å². The van der Waals surface area contributed by atoms with Gasteiger partial charge in [-0.25, -0.2) is 9.18 Å². The van der Waals surface area contributed by atoms with Crippen LogP contribution < -0.4 is 10.6 Å². The summed E-state index contributed by atoms with van der Waals surface area (Å²) in [5.41, 5.74) is 2.54. The molecule has 2 aromatic carbocycles. The highest BCUT2D eigenvalue weighted by molar-refractivity contribution is 8.00. The quantitative estimate of drug-likeness (QED) is 0.233. The molecule has 0 radical (unpaired) electrons. The second-order valence-corrected chi connectivity index (χ2v) is 13.3. The molecule has 1 heterocycles. The Morgan fingerprint density at radius 2 is 1.82 bits per heavy atom. The third-order valence-corrected chi connectivity index (χ3v) is 9.26. The van der Waals surface area contributed by atoms with Gasteiger partial charge in [-0.05, 0) is 85.5 Å². The third-order valence-electron chi connectivity index (χ3n) is 7.00. The lowest BCUT2D eigenvalue weighted by Gasteiger charge is -2.33. The van der Waals surface area contributed by atoms with Crippen LogP contribution in [0.4, 0.5) is 15.1 Å². The summed E-state index contributed by atoms with van der Waals surface area (Å²) in [6.45, 7) is 8.51. The van der Waals surface area contributed by atoms with E-state index in [1.54, 1.807) is 25.1 Å². The van der Waals surface area contributed by atoms with E-state index in [9.17, 15) is 18.8 Å². The van der Waals surface area contributed by atoms with Crippen molar-refractivity contribution in [1.29, 1.82) is 0 Å². The molecule has 2 unspecified atom stereocenters. The molecule has 2 amide bonds. The fourth-order valence-electron chi connectivity index (χ4n) is 4.65. The second kappa shape index (κ2) is 11.9. The van der Waals surface area contributed by atoms with Gasteiger partial charge in [0, 0.05) is 21.0 Å². The minimum Gasteiger partial charge on any atom is -0.465 e. The number of thiophene rings is 1. The fraction of sp³-hybridized carbons (Fsp3) is 0.367. The lowest BCUT2D eigenvalue weighted by molar-refractivity contribution is -0.115. The van der Waals surface area contributed by atoms with Crippen LogP contribution in [0.25, 0.3) is 0 Å². The van der Waals surface area contributed by atoms with Crippen molar-refractivity contribution in [1.82, 2.24) is 0 Å². The van der Waals surface area contributed by atoms with E-state index < -0.39 is 17.0 Å².